The maximum Gasteiger partial charge on any atom is 0.0565 e. The van der Waals surface area contributed by atoms with Gasteiger partial charge in [0.25, 0.3) is 0 Å². The molecule has 3 rings (SSSR count). The van der Waals surface area contributed by atoms with Crippen molar-refractivity contribution in [3.63, 3.8) is 0 Å². The highest BCUT2D eigenvalue weighted by Gasteiger charge is 2.14. The van der Waals surface area contributed by atoms with Gasteiger partial charge < -0.3 is 5.73 Å². The van der Waals surface area contributed by atoms with Crippen molar-refractivity contribution >= 4 is 11.6 Å². The molecule has 0 amide bonds. The Labute approximate surface area is 135 Å². The molecule has 22 heavy (non-hydrogen) atoms. The highest BCUT2D eigenvalue weighted by molar-refractivity contribution is 6.30. The maximum atomic E-state index is 6.13. The second-order valence-electron chi connectivity index (χ2n) is 5.29. The fourth-order valence-corrected chi connectivity index (χ4v) is 2.93. The number of nitrogens with two attached hydrogens (primary N) is 1. The van der Waals surface area contributed by atoms with Crippen LogP contribution in [0.15, 0.2) is 60.9 Å². The van der Waals surface area contributed by atoms with Crippen LogP contribution < -0.4 is 5.73 Å². The summed E-state index contributed by atoms with van der Waals surface area (Å²) in [5, 5.41) is 7.58. The first-order valence-electron chi connectivity index (χ1n) is 7.32. The van der Waals surface area contributed by atoms with Crippen LogP contribution in [-0.4, -0.2) is 16.7 Å². The minimum Gasteiger partial charge on any atom is -0.330 e. The Balaban J connectivity index is 1.92. The number of aromatic nitrogens is 2. The third-order valence-electron chi connectivity index (χ3n) is 3.85. The van der Waals surface area contributed by atoms with E-state index in [1.807, 2.05) is 30.6 Å². The van der Waals surface area contributed by atoms with Gasteiger partial charge in [0.15, 0.2) is 0 Å². The van der Waals surface area contributed by atoms with Gasteiger partial charge in [-0.05, 0) is 41.8 Å². The Morgan fingerprint density at radius 1 is 1.05 bits per heavy atom. The molecule has 3 nitrogen and oxygen atoms in total. The van der Waals surface area contributed by atoms with Gasteiger partial charge in [-0.2, -0.15) is 5.10 Å². The van der Waals surface area contributed by atoms with Gasteiger partial charge in [-0.3, -0.25) is 5.10 Å². The fraction of sp³-hybridized carbons (Fsp3) is 0.167. The van der Waals surface area contributed by atoms with Crippen LogP contribution >= 0.6 is 11.6 Å². The molecule has 0 bridgehead atoms. The molecule has 0 aliphatic rings. The Bertz CT molecular complexity index is 720. The summed E-state index contributed by atoms with van der Waals surface area (Å²) in [6.07, 6.45) is 4.61. The molecule has 1 atom stereocenters. The lowest BCUT2D eigenvalue weighted by atomic mass is 9.88. The number of aromatic amines is 1. The van der Waals surface area contributed by atoms with E-state index >= 15 is 0 Å². The van der Waals surface area contributed by atoms with Crippen LogP contribution in [0.3, 0.4) is 0 Å². The van der Waals surface area contributed by atoms with Gasteiger partial charge in [0.2, 0.25) is 0 Å². The van der Waals surface area contributed by atoms with E-state index in [4.69, 9.17) is 17.3 Å². The van der Waals surface area contributed by atoms with Gasteiger partial charge in [-0.15, -0.1) is 0 Å². The van der Waals surface area contributed by atoms with E-state index < -0.39 is 0 Å². The molecular formula is C18H18ClN3. The number of hydrogen-bond acceptors (Lipinski definition) is 2. The average molecular weight is 312 g/mol. The van der Waals surface area contributed by atoms with Crippen molar-refractivity contribution in [3.05, 3.63) is 77.1 Å². The van der Waals surface area contributed by atoms with Crippen LogP contribution in [0.5, 0.6) is 0 Å². The van der Waals surface area contributed by atoms with Crippen molar-refractivity contribution in [2.24, 2.45) is 5.73 Å². The molecule has 0 saturated carbocycles. The number of H-pyrrole nitrogens is 1. The first kappa shape index (κ1) is 14.8. The molecule has 112 valence electrons. The van der Waals surface area contributed by atoms with Crippen molar-refractivity contribution in [3.8, 4) is 11.1 Å². The zero-order chi connectivity index (χ0) is 15.4. The number of benzene rings is 2. The van der Waals surface area contributed by atoms with Crippen LogP contribution in [-0.2, 0) is 0 Å². The lowest BCUT2D eigenvalue weighted by molar-refractivity contribution is 0.726. The van der Waals surface area contributed by atoms with E-state index in [1.165, 1.54) is 11.1 Å². The third kappa shape index (κ3) is 3.21. The summed E-state index contributed by atoms with van der Waals surface area (Å²) in [7, 11) is 0. The van der Waals surface area contributed by atoms with E-state index in [0.29, 0.717) is 6.54 Å². The normalized spacial score (nSPS) is 12.3. The summed E-state index contributed by atoms with van der Waals surface area (Å²) in [4.78, 5) is 0. The summed E-state index contributed by atoms with van der Waals surface area (Å²) in [5.74, 6) is 0.266. The number of halogens is 1. The molecule has 0 radical (unpaired) electrons. The third-order valence-corrected chi connectivity index (χ3v) is 4.09. The standard InChI is InChI=1S/C18H18ClN3/c19-17-3-1-2-15(10-17)18(8-9-20)14-6-4-13(5-7-14)16-11-21-22-12-16/h1-7,10-12,18H,8-9,20H2,(H,21,22). The predicted octanol–water partition coefficient (Wildman–Crippen LogP) is 4.21. The molecule has 3 N–H and O–H groups in total. The van der Waals surface area contributed by atoms with Gasteiger partial charge in [0, 0.05) is 22.7 Å². The second-order valence-corrected chi connectivity index (χ2v) is 5.73. The number of nitrogens with zero attached hydrogens (tertiary/aromatic N) is 1. The van der Waals surface area contributed by atoms with Gasteiger partial charge >= 0.3 is 0 Å². The molecule has 1 unspecified atom stereocenters. The molecule has 0 spiro atoms. The molecule has 0 aliphatic carbocycles. The molecule has 4 heteroatoms. The lowest BCUT2D eigenvalue weighted by Gasteiger charge is -2.18. The van der Waals surface area contributed by atoms with E-state index in [1.54, 1.807) is 0 Å². The molecule has 3 aromatic rings. The number of hydrogen-bond donors (Lipinski definition) is 2. The Morgan fingerprint density at radius 3 is 2.50 bits per heavy atom. The van der Waals surface area contributed by atoms with Crippen LogP contribution in [0.1, 0.15) is 23.5 Å². The van der Waals surface area contributed by atoms with Crippen molar-refractivity contribution in [1.29, 1.82) is 0 Å². The van der Waals surface area contributed by atoms with Gasteiger partial charge in [0.1, 0.15) is 0 Å². The van der Waals surface area contributed by atoms with E-state index in [2.05, 4.69) is 40.5 Å². The van der Waals surface area contributed by atoms with Crippen LogP contribution in [0.25, 0.3) is 11.1 Å². The highest BCUT2D eigenvalue weighted by Crippen LogP contribution is 2.30. The summed E-state index contributed by atoms with van der Waals surface area (Å²) in [6.45, 7) is 0.640. The molecule has 0 aliphatic heterocycles. The first-order valence-corrected chi connectivity index (χ1v) is 7.70. The molecule has 2 aromatic carbocycles. The van der Waals surface area contributed by atoms with Crippen LogP contribution in [0.4, 0.5) is 0 Å². The van der Waals surface area contributed by atoms with Crippen LogP contribution in [0, 0.1) is 0 Å². The van der Waals surface area contributed by atoms with E-state index in [0.717, 1.165) is 22.6 Å². The summed E-state index contributed by atoms with van der Waals surface area (Å²) in [6, 6.07) is 16.6. The van der Waals surface area contributed by atoms with Crippen LogP contribution in [0.2, 0.25) is 5.02 Å². The predicted molar refractivity (Wildman–Crippen MR) is 91.0 cm³/mol. The Hall–Kier alpha value is -2.10. The van der Waals surface area contributed by atoms with Gasteiger partial charge in [-0.1, -0.05) is 48.0 Å². The molecule has 0 saturated heterocycles. The van der Waals surface area contributed by atoms with E-state index in [-0.39, 0.29) is 5.92 Å². The van der Waals surface area contributed by atoms with Crippen molar-refractivity contribution in [1.82, 2.24) is 10.2 Å². The quantitative estimate of drug-likeness (QED) is 0.741. The smallest absolute Gasteiger partial charge is 0.0565 e. The monoisotopic (exact) mass is 311 g/mol. The SMILES string of the molecule is NCCC(c1ccc(-c2cn[nH]c2)cc1)c1cccc(Cl)c1. The summed E-state index contributed by atoms with van der Waals surface area (Å²) >= 11 is 6.13. The summed E-state index contributed by atoms with van der Waals surface area (Å²) in [5.41, 5.74) is 10.5. The number of rotatable bonds is 5. The Kier molecular flexibility index (Phi) is 4.56. The molecule has 1 aromatic heterocycles. The Morgan fingerprint density at radius 2 is 1.86 bits per heavy atom. The minimum absolute atomic E-state index is 0.266. The average Bonchev–Trinajstić information content (AvgIpc) is 3.07. The van der Waals surface area contributed by atoms with Crippen molar-refractivity contribution in [2.45, 2.75) is 12.3 Å². The van der Waals surface area contributed by atoms with E-state index in [9.17, 15) is 0 Å². The fourth-order valence-electron chi connectivity index (χ4n) is 2.73. The number of nitrogens with one attached hydrogen (secondary N) is 1. The van der Waals surface area contributed by atoms with Crippen molar-refractivity contribution in [2.75, 3.05) is 6.54 Å². The minimum atomic E-state index is 0.266. The first-order chi connectivity index (χ1) is 10.8. The maximum absolute atomic E-state index is 6.13. The highest BCUT2D eigenvalue weighted by atomic mass is 35.5. The summed E-state index contributed by atoms with van der Waals surface area (Å²) < 4.78 is 0. The topological polar surface area (TPSA) is 54.7 Å². The van der Waals surface area contributed by atoms with Gasteiger partial charge in [-0.25, -0.2) is 0 Å². The molecule has 0 fully saturated rings. The molecule has 1 heterocycles. The van der Waals surface area contributed by atoms with Gasteiger partial charge in [0.05, 0.1) is 6.20 Å². The second kappa shape index (κ2) is 6.77. The largest absolute Gasteiger partial charge is 0.330 e. The molecular weight excluding hydrogens is 294 g/mol. The zero-order valence-electron chi connectivity index (χ0n) is 12.2. The lowest BCUT2D eigenvalue weighted by Crippen LogP contribution is -2.08. The zero-order valence-corrected chi connectivity index (χ0v) is 12.9. The van der Waals surface area contributed by atoms with Crippen molar-refractivity contribution < 1.29 is 0 Å².